The molecular formula is C14H23N3O2. The van der Waals surface area contributed by atoms with Crippen LogP contribution in [0, 0.1) is 11.8 Å². The summed E-state index contributed by atoms with van der Waals surface area (Å²) in [5, 5.41) is 12.6. The molecule has 0 aliphatic heterocycles. The van der Waals surface area contributed by atoms with Crippen LogP contribution in [0.5, 0.6) is 5.88 Å². The van der Waals surface area contributed by atoms with Crippen molar-refractivity contribution in [3.8, 4) is 5.88 Å². The second-order valence-corrected chi connectivity index (χ2v) is 5.10. The number of aliphatic hydroxyl groups excluding tert-OH is 1. The summed E-state index contributed by atoms with van der Waals surface area (Å²) in [5.74, 6) is 2.39. The van der Waals surface area contributed by atoms with Crippen LogP contribution < -0.4 is 10.1 Å². The summed E-state index contributed by atoms with van der Waals surface area (Å²) in [5.41, 5.74) is 0. The van der Waals surface area contributed by atoms with Crippen LogP contribution in [0.15, 0.2) is 12.4 Å². The van der Waals surface area contributed by atoms with Gasteiger partial charge in [-0.2, -0.15) is 0 Å². The minimum atomic E-state index is 0.293. The van der Waals surface area contributed by atoms with Gasteiger partial charge in [0.05, 0.1) is 6.61 Å². The van der Waals surface area contributed by atoms with E-state index in [0.717, 1.165) is 25.2 Å². The predicted octanol–water partition coefficient (Wildman–Crippen LogP) is 2.09. The van der Waals surface area contributed by atoms with E-state index in [-0.39, 0.29) is 0 Å². The Bertz CT molecular complexity index is 387. The maximum Gasteiger partial charge on any atom is 0.218 e. The lowest BCUT2D eigenvalue weighted by molar-refractivity contribution is 0.199. The van der Waals surface area contributed by atoms with Gasteiger partial charge in [-0.1, -0.05) is 13.3 Å². The van der Waals surface area contributed by atoms with Crippen molar-refractivity contribution in [3.05, 3.63) is 12.4 Å². The first-order valence-corrected chi connectivity index (χ1v) is 7.13. The molecule has 1 aliphatic rings. The molecule has 5 heteroatoms. The molecule has 0 radical (unpaired) electrons. The molecule has 0 aromatic carbocycles. The van der Waals surface area contributed by atoms with Gasteiger partial charge in [-0.15, -0.1) is 0 Å². The average molecular weight is 265 g/mol. The van der Waals surface area contributed by atoms with E-state index in [1.165, 1.54) is 19.2 Å². The third-order valence-corrected chi connectivity index (χ3v) is 3.69. The van der Waals surface area contributed by atoms with Crippen molar-refractivity contribution >= 4 is 5.82 Å². The van der Waals surface area contributed by atoms with Crippen LogP contribution in [-0.4, -0.2) is 34.8 Å². The van der Waals surface area contributed by atoms with Crippen molar-refractivity contribution in [1.82, 2.24) is 9.97 Å². The Kier molecular flexibility index (Phi) is 5.39. The van der Waals surface area contributed by atoms with Crippen molar-refractivity contribution in [2.75, 3.05) is 25.1 Å². The molecule has 1 aromatic heterocycles. The fraction of sp³-hybridized carbons (Fsp3) is 0.714. The number of hydrogen-bond donors (Lipinski definition) is 2. The molecule has 2 N–H and O–H groups in total. The van der Waals surface area contributed by atoms with Crippen molar-refractivity contribution in [2.45, 2.75) is 32.6 Å². The highest BCUT2D eigenvalue weighted by Crippen LogP contribution is 2.31. The fourth-order valence-corrected chi connectivity index (χ4v) is 2.58. The number of rotatable bonds is 7. The number of nitrogens with one attached hydrogen (secondary N) is 1. The summed E-state index contributed by atoms with van der Waals surface area (Å²) < 4.78 is 5.48. The SMILES string of the molecule is CCCOc1cc(NCC2CCCC2CO)ncn1. The largest absolute Gasteiger partial charge is 0.478 e. The first-order chi connectivity index (χ1) is 9.33. The highest BCUT2D eigenvalue weighted by Gasteiger charge is 2.26. The number of aliphatic hydroxyl groups is 1. The van der Waals surface area contributed by atoms with E-state index in [4.69, 9.17) is 4.74 Å². The van der Waals surface area contributed by atoms with E-state index in [9.17, 15) is 5.11 Å². The van der Waals surface area contributed by atoms with Crippen LogP contribution in [0.1, 0.15) is 32.6 Å². The van der Waals surface area contributed by atoms with E-state index in [1.807, 2.05) is 6.07 Å². The minimum Gasteiger partial charge on any atom is -0.478 e. The molecule has 106 valence electrons. The lowest BCUT2D eigenvalue weighted by atomic mass is 9.97. The molecule has 0 amide bonds. The zero-order chi connectivity index (χ0) is 13.5. The Morgan fingerprint density at radius 3 is 3.00 bits per heavy atom. The average Bonchev–Trinajstić information content (AvgIpc) is 2.91. The van der Waals surface area contributed by atoms with Crippen LogP contribution in [0.4, 0.5) is 5.82 Å². The number of ether oxygens (including phenoxy) is 1. The van der Waals surface area contributed by atoms with Gasteiger partial charge in [0.1, 0.15) is 12.1 Å². The summed E-state index contributed by atoms with van der Waals surface area (Å²) in [4.78, 5) is 8.27. The highest BCUT2D eigenvalue weighted by atomic mass is 16.5. The van der Waals surface area contributed by atoms with Gasteiger partial charge in [0, 0.05) is 19.2 Å². The van der Waals surface area contributed by atoms with Crippen LogP contribution in [0.25, 0.3) is 0 Å². The fourth-order valence-electron chi connectivity index (χ4n) is 2.58. The molecule has 1 aliphatic carbocycles. The zero-order valence-corrected chi connectivity index (χ0v) is 11.5. The van der Waals surface area contributed by atoms with Crippen molar-refractivity contribution in [3.63, 3.8) is 0 Å². The summed E-state index contributed by atoms with van der Waals surface area (Å²) in [6, 6.07) is 1.83. The van der Waals surface area contributed by atoms with Crippen molar-refractivity contribution < 1.29 is 9.84 Å². The zero-order valence-electron chi connectivity index (χ0n) is 11.5. The summed E-state index contributed by atoms with van der Waals surface area (Å²) >= 11 is 0. The first kappa shape index (κ1) is 14.1. The Hall–Kier alpha value is -1.36. The van der Waals surface area contributed by atoms with E-state index in [2.05, 4.69) is 22.2 Å². The van der Waals surface area contributed by atoms with E-state index in [1.54, 1.807) is 0 Å². The quantitative estimate of drug-likeness (QED) is 0.790. The molecule has 0 spiro atoms. The molecule has 2 atom stereocenters. The van der Waals surface area contributed by atoms with Gasteiger partial charge in [0.25, 0.3) is 0 Å². The molecule has 1 heterocycles. The smallest absolute Gasteiger partial charge is 0.218 e. The van der Waals surface area contributed by atoms with Gasteiger partial charge in [-0.25, -0.2) is 9.97 Å². The van der Waals surface area contributed by atoms with Gasteiger partial charge in [0.2, 0.25) is 5.88 Å². The number of aromatic nitrogens is 2. The second kappa shape index (κ2) is 7.28. The normalized spacial score (nSPS) is 22.4. The van der Waals surface area contributed by atoms with Crippen molar-refractivity contribution in [2.24, 2.45) is 11.8 Å². The van der Waals surface area contributed by atoms with Crippen LogP contribution in [0.3, 0.4) is 0 Å². The monoisotopic (exact) mass is 265 g/mol. The third-order valence-electron chi connectivity index (χ3n) is 3.69. The molecule has 5 nitrogen and oxygen atoms in total. The third kappa shape index (κ3) is 4.06. The first-order valence-electron chi connectivity index (χ1n) is 7.13. The lowest BCUT2D eigenvalue weighted by Crippen LogP contribution is -2.21. The number of nitrogens with zero attached hydrogens (tertiary/aromatic N) is 2. The van der Waals surface area contributed by atoms with Gasteiger partial charge in [-0.05, 0) is 31.1 Å². The Morgan fingerprint density at radius 1 is 1.37 bits per heavy atom. The maximum atomic E-state index is 9.30. The topological polar surface area (TPSA) is 67.3 Å². The standard InChI is InChI=1S/C14H23N3O2/c1-2-6-19-14-7-13(16-10-17-14)15-8-11-4-3-5-12(11)9-18/h7,10-12,18H,2-6,8-9H2,1H3,(H,15,16,17). The van der Waals surface area contributed by atoms with Gasteiger partial charge >= 0.3 is 0 Å². The number of hydrogen-bond acceptors (Lipinski definition) is 5. The van der Waals surface area contributed by atoms with Crippen LogP contribution in [-0.2, 0) is 0 Å². The molecule has 1 aromatic rings. The van der Waals surface area contributed by atoms with E-state index < -0.39 is 0 Å². The molecule has 0 bridgehead atoms. The second-order valence-electron chi connectivity index (χ2n) is 5.10. The van der Waals surface area contributed by atoms with Gasteiger partial charge < -0.3 is 15.2 Å². The molecular weight excluding hydrogens is 242 g/mol. The Balaban J connectivity index is 1.85. The minimum absolute atomic E-state index is 0.293. The summed E-state index contributed by atoms with van der Waals surface area (Å²) in [6.07, 6.45) is 6.02. The van der Waals surface area contributed by atoms with E-state index >= 15 is 0 Å². The molecule has 0 saturated heterocycles. The Morgan fingerprint density at radius 2 is 2.21 bits per heavy atom. The highest BCUT2D eigenvalue weighted by molar-refractivity contribution is 5.37. The van der Waals surface area contributed by atoms with Crippen LogP contribution >= 0.6 is 0 Å². The molecule has 2 rings (SSSR count). The summed E-state index contributed by atoms with van der Waals surface area (Å²) in [7, 11) is 0. The van der Waals surface area contributed by atoms with Gasteiger partial charge in [-0.3, -0.25) is 0 Å². The molecule has 2 unspecified atom stereocenters. The van der Waals surface area contributed by atoms with E-state index in [0.29, 0.717) is 30.9 Å². The molecule has 1 saturated carbocycles. The Labute approximate surface area is 114 Å². The van der Waals surface area contributed by atoms with Crippen LogP contribution in [0.2, 0.25) is 0 Å². The maximum absolute atomic E-state index is 9.30. The lowest BCUT2D eigenvalue weighted by Gasteiger charge is -2.18. The molecule has 1 fully saturated rings. The van der Waals surface area contributed by atoms with Crippen molar-refractivity contribution in [1.29, 1.82) is 0 Å². The predicted molar refractivity (Wildman–Crippen MR) is 74.2 cm³/mol. The summed E-state index contributed by atoms with van der Waals surface area (Å²) in [6.45, 7) is 3.89. The molecule has 19 heavy (non-hydrogen) atoms. The number of anilines is 1. The van der Waals surface area contributed by atoms with Gasteiger partial charge in [0.15, 0.2) is 0 Å².